The molecule has 0 spiro atoms. The van der Waals surface area contributed by atoms with E-state index in [1.807, 2.05) is 41.1 Å². The fourth-order valence-corrected chi connectivity index (χ4v) is 5.05. The van der Waals surface area contributed by atoms with Gasteiger partial charge in [0.25, 0.3) is 11.8 Å². The van der Waals surface area contributed by atoms with E-state index in [1.54, 1.807) is 42.5 Å². The molecular formula is C31H27FN4O4. The SMILES string of the molecule is COc1ccc2cc1OCC(=O)NCc1cc(C(=O)N3CC=C(c4ccc(F)cc4)CC3)cc(c1)-n1ccnc1-2. The van der Waals surface area contributed by atoms with Crippen LogP contribution in [0, 0.1) is 5.82 Å². The van der Waals surface area contributed by atoms with E-state index in [2.05, 4.69) is 10.3 Å². The highest BCUT2D eigenvalue weighted by molar-refractivity contribution is 5.95. The molecule has 0 unspecified atom stereocenters. The molecule has 2 amide bonds. The fraction of sp³-hybridized carbons (Fsp3) is 0.194. The maximum absolute atomic E-state index is 13.7. The zero-order valence-electron chi connectivity index (χ0n) is 21.9. The Bertz CT molecular complexity index is 1630. The molecule has 3 heterocycles. The van der Waals surface area contributed by atoms with Gasteiger partial charge in [0, 0.05) is 48.8 Å². The van der Waals surface area contributed by atoms with Crippen molar-refractivity contribution in [1.82, 2.24) is 19.8 Å². The molecule has 0 aliphatic carbocycles. The lowest BCUT2D eigenvalue weighted by Gasteiger charge is -2.27. The van der Waals surface area contributed by atoms with Gasteiger partial charge >= 0.3 is 0 Å². The Kier molecular flexibility index (Phi) is 6.77. The summed E-state index contributed by atoms with van der Waals surface area (Å²) in [6.45, 7) is 1.03. The number of carbonyl (C=O) groups is 2. The Morgan fingerprint density at radius 2 is 1.90 bits per heavy atom. The highest BCUT2D eigenvalue weighted by atomic mass is 19.1. The topological polar surface area (TPSA) is 85.7 Å². The van der Waals surface area contributed by atoms with Crippen LogP contribution in [0.4, 0.5) is 4.39 Å². The van der Waals surface area contributed by atoms with Crippen molar-refractivity contribution >= 4 is 17.4 Å². The van der Waals surface area contributed by atoms with Crippen LogP contribution in [0.1, 0.15) is 27.9 Å². The number of nitrogens with zero attached hydrogens (tertiary/aromatic N) is 3. The van der Waals surface area contributed by atoms with Crippen LogP contribution in [0.15, 0.2) is 79.1 Å². The molecule has 2 aliphatic rings. The van der Waals surface area contributed by atoms with E-state index in [0.717, 1.165) is 28.0 Å². The Morgan fingerprint density at radius 3 is 2.67 bits per heavy atom. The summed E-state index contributed by atoms with van der Waals surface area (Å²) in [4.78, 5) is 32.6. The van der Waals surface area contributed by atoms with Crippen LogP contribution in [-0.2, 0) is 11.3 Å². The number of methoxy groups -OCH3 is 1. The molecule has 9 heteroatoms. The number of imidazole rings is 1. The van der Waals surface area contributed by atoms with Gasteiger partial charge in [-0.2, -0.15) is 0 Å². The molecule has 4 bridgehead atoms. The number of amides is 2. The number of rotatable bonds is 3. The molecule has 0 atom stereocenters. The maximum atomic E-state index is 13.7. The molecule has 0 saturated carbocycles. The highest BCUT2D eigenvalue weighted by Gasteiger charge is 2.22. The summed E-state index contributed by atoms with van der Waals surface area (Å²) in [5, 5.41) is 2.88. The van der Waals surface area contributed by atoms with Crippen molar-refractivity contribution in [1.29, 1.82) is 0 Å². The number of ether oxygens (including phenoxy) is 2. The zero-order chi connectivity index (χ0) is 27.6. The lowest BCUT2D eigenvalue weighted by Crippen LogP contribution is -2.35. The molecule has 2 aliphatic heterocycles. The van der Waals surface area contributed by atoms with Gasteiger partial charge in [-0.15, -0.1) is 0 Å². The van der Waals surface area contributed by atoms with E-state index < -0.39 is 0 Å². The van der Waals surface area contributed by atoms with Gasteiger partial charge in [-0.1, -0.05) is 18.2 Å². The van der Waals surface area contributed by atoms with Crippen LogP contribution in [0.3, 0.4) is 0 Å². The van der Waals surface area contributed by atoms with Crippen LogP contribution in [0.2, 0.25) is 0 Å². The normalized spacial score (nSPS) is 14.9. The summed E-state index contributed by atoms with van der Waals surface area (Å²) in [5.41, 5.74) is 4.87. The molecule has 40 heavy (non-hydrogen) atoms. The average molecular weight is 539 g/mol. The van der Waals surface area contributed by atoms with E-state index in [-0.39, 0.29) is 30.8 Å². The van der Waals surface area contributed by atoms with Gasteiger partial charge in [0.2, 0.25) is 0 Å². The minimum Gasteiger partial charge on any atom is -0.493 e. The van der Waals surface area contributed by atoms with Gasteiger partial charge in [-0.05, 0) is 71.7 Å². The second-order valence-corrected chi connectivity index (χ2v) is 9.68. The molecule has 4 aromatic rings. The Hall–Kier alpha value is -4.92. The molecular weight excluding hydrogens is 511 g/mol. The summed E-state index contributed by atoms with van der Waals surface area (Å²) in [5.74, 6) is 0.931. The third-order valence-corrected chi connectivity index (χ3v) is 7.13. The lowest BCUT2D eigenvalue weighted by molar-refractivity contribution is -0.123. The van der Waals surface area contributed by atoms with E-state index in [1.165, 1.54) is 12.1 Å². The molecule has 1 N–H and O–H groups in total. The van der Waals surface area contributed by atoms with Crippen molar-refractivity contribution in [3.8, 4) is 28.6 Å². The van der Waals surface area contributed by atoms with Gasteiger partial charge in [0.1, 0.15) is 11.6 Å². The second kappa shape index (κ2) is 10.7. The van der Waals surface area contributed by atoms with Crippen LogP contribution >= 0.6 is 0 Å². The first-order valence-corrected chi connectivity index (χ1v) is 13.0. The number of aromatic nitrogens is 2. The van der Waals surface area contributed by atoms with Gasteiger partial charge in [0.05, 0.1) is 7.11 Å². The van der Waals surface area contributed by atoms with Crippen molar-refractivity contribution in [3.63, 3.8) is 0 Å². The molecule has 0 saturated heterocycles. The largest absolute Gasteiger partial charge is 0.493 e. The van der Waals surface area contributed by atoms with Crippen molar-refractivity contribution in [2.45, 2.75) is 13.0 Å². The predicted molar refractivity (Wildman–Crippen MR) is 148 cm³/mol. The molecule has 0 radical (unpaired) electrons. The Labute approximate surface area is 230 Å². The van der Waals surface area contributed by atoms with Gasteiger partial charge in [-0.25, -0.2) is 9.37 Å². The minimum absolute atomic E-state index is 0.107. The quantitative estimate of drug-likeness (QED) is 0.411. The highest BCUT2D eigenvalue weighted by Crippen LogP contribution is 2.33. The molecule has 3 aromatic carbocycles. The van der Waals surface area contributed by atoms with E-state index >= 15 is 0 Å². The third-order valence-electron chi connectivity index (χ3n) is 7.13. The number of hydrogen-bond acceptors (Lipinski definition) is 5. The van der Waals surface area contributed by atoms with Crippen molar-refractivity contribution in [3.05, 3.63) is 102 Å². The number of nitrogens with one attached hydrogen (secondary N) is 1. The third kappa shape index (κ3) is 5.05. The molecule has 202 valence electrons. The number of hydrogen-bond donors (Lipinski definition) is 1. The van der Waals surface area contributed by atoms with Crippen molar-refractivity contribution in [2.75, 3.05) is 26.8 Å². The summed E-state index contributed by atoms with van der Waals surface area (Å²) in [7, 11) is 1.54. The fourth-order valence-electron chi connectivity index (χ4n) is 5.05. The van der Waals surface area contributed by atoms with Crippen LogP contribution in [0.25, 0.3) is 22.6 Å². The minimum atomic E-state index is -0.294. The Balaban J connectivity index is 1.35. The molecule has 6 rings (SSSR count). The zero-order valence-corrected chi connectivity index (χ0v) is 21.9. The number of benzene rings is 3. The smallest absolute Gasteiger partial charge is 0.258 e. The molecule has 1 aromatic heterocycles. The number of halogens is 1. The number of carbonyl (C=O) groups excluding carboxylic acids is 2. The average Bonchev–Trinajstić information content (AvgIpc) is 3.49. The summed E-state index contributed by atoms with van der Waals surface area (Å²) in [6.07, 6.45) is 6.23. The first-order valence-electron chi connectivity index (χ1n) is 13.0. The van der Waals surface area contributed by atoms with Gasteiger partial charge < -0.3 is 19.7 Å². The maximum Gasteiger partial charge on any atom is 0.258 e. The van der Waals surface area contributed by atoms with Gasteiger partial charge in [-0.3, -0.25) is 14.2 Å². The van der Waals surface area contributed by atoms with E-state index in [0.29, 0.717) is 42.4 Å². The van der Waals surface area contributed by atoms with E-state index in [9.17, 15) is 14.0 Å². The lowest BCUT2D eigenvalue weighted by atomic mass is 9.99. The first kappa shape index (κ1) is 25.4. The van der Waals surface area contributed by atoms with Crippen molar-refractivity contribution < 1.29 is 23.5 Å². The molecule has 0 fully saturated rings. The summed E-state index contributed by atoms with van der Waals surface area (Å²) < 4.78 is 26.4. The number of fused-ring (bicyclic) bond motifs is 7. The summed E-state index contributed by atoms with van der Waals surface area (Å²) in [6, 6.07) is 17.5. The van der Waals surface area contributed by atoms with Gasteiger partial charge in [0.15, 0.2) is 18.1 Å². The van der Waals surface area contributed by atoms with Crippen LogP contribution in [-0.4, -0.2) is 53.1 Å². The Morgan fingerprint density at radius 1 is 1.07 bits per heavy atom. The second-order valence-electron chi connectivity index (χ2n) is 9.68. The monoisotopic (exact) mass is 538 g/mol. The van der Waals surface area contributed by atoms with Crippen LogP contribution in [0.5, 0.6) is 11.5 Å². The molecule has 8 nitrogen and oxygen atoms in total. The first-order chi connectivity index (χ1) is 19.5. The predicted octanol–water partition coefficient (Wildman–Crippen LogP) is 4.63. The summed E-state index contributed by atoms with van der Waals surface area (Å²) >= 11 is 0. The van der Waals surface area contributed by atoms with Crippen LogP contribution < -0.4 is 14.8 Å². The van der Waals surface area contributed by atoms with E-state index in [4.69, 9.17) is 9.47 Å². The van der Waals surface area contributed by atoms with Crippen molar-refractivity contribution in [2.24, 2.45) is 0 Å². The standard InChI is InChI=1S/C31H27FN4O4/c1-39-27-7-4-23-17-28(27)40-19-29(37)34-18-20-14-24(16-26(15-20)36-13-10-33-30(23)36)31(38)35-11-8-22(9-12-35)21-2-5-25(32)6-3-21/h2-8,10,13-17H,9,11-12,18-19H2,1H3,(H,34,37).